The lowest BCUT2D eigenvalue weighted by Crippen LogP contribution is -2.43. The molecule has 136 valence electrons. The number of nitrogens with zero attached hydrogens (tertiary/aromatic N) is 5. The number of imidazole rings is 1. The van der Waals surface area contributed by atoms with Gasteiger partial charge in [-0.05, 0) is 18.2 Å². The lowest BCUT2D eigenvalue weighted by molar-refractivity contribution is -0.0107. The molecule has 26 heavy (non-hydrogen) atoms. The maximum absolute atomic E-state index is 13.1. The van der Waals surface area contributed by atoms with Crippen molar-refractivity contribution in [2.75, 3.05) is 19.8 Å². The van der Waals surface area contributed by atoms with E-state index in [1.165, 1.54) is 0 Å². The van der Waals surface area contributed by atoms with E-state index in [1.54, 1.807) is 11.2 Å². The lowest BCUT2D eigenvalue weighted by atomic mass is 10.1. The maximum atomic E-state index is 13.1. The minimum atomic E-state index is -0.379. The van der Waals surface area contributed by atoms with Crippen LogP contribution >= 0.6 is 0 Å². The number of hydrogen-bond donors (Lipinski definition) is 0. The van der Waals surface area contributed by atoms with E-state index in [9.17, 15) is 4.79 Å². The number of rotatable bonds is 3. The zero-order valence-electron chi connectivity index (χ0n) is 15.0. The van der Waals surface area contributed by atoms with Crippen LogP contribution in [0.15, 0.2) is 28.9 Å². The van der Waals surface area contributed by atoms with Crippen molar-refractivity contribution >= 4 is 16.9 Å². The fourth-order valence-electron chi connectivity index (χ4n) is 3.10. The summed E-state index contributed by atoms with van der Waals surface area (Å²) in [5.74, 6) is 1.03. The van der Waals surface area contributed by atoms with Crippen LogP contribution in [0, 0.1) is 0 Å². The first-order valence-electron chi connectivity index (χ1n) is 8.67. The van der Waals surface area contributed by atoms with Crippen molar-refractivity contribution in [3.63, 3.8) is 0 Å². The fraction of sp³-hybridized carbons (Fsp3) is 0.444. The van der Waals surface area contributed by atoms with Gasteiger partial charge in [-0.3, -0.25) is 4.79 Å². The molecule has 1 aromatic carbocycles. The third-order valence-electron chi connectivity index (χ3n) is 4.60. The Hall–Kier alpha value is -2.74. The van der Waals surface area contributed by atoms with Crippen molar-refractivity contribution in [2.24, 2.45) is 7.05 Å². The zero-order valence-corrected chi connectivity index (χ0v) is 15.0. The van der Waals surface area contributed by atoms with E-state index in [0.717, 1.165) is 11.0 Å². The van der Waals surface area contributed by atoms with Gasteiger partial charge in [-0.1, -0.05) is 13.8 Å². The molecule has 1 aliphatic heterocycles. The predicted octanol–water partition coefficient (Wildman–Crippen LogP) is 2.29. The molecule has 0 N–H and O–H groups in total. The molecule has 1 fully saturated rings. The van der Waals surface area contributed by atoms with Gasteiger partial charge < -0.3 is 18.6 Å². The summed E-state index contributed by atoms with van der Waals surface area (Å²) < 4.78 is 13.2. The summed E-state index contributed by atoms with van der Waals surface area (Å²) in [7, 11) is 1.93. The number of fused-ring (bicyclic) bond motifs is 1. The van der Waals surface area contributed by atoms with Crippen LogP contribution in [0.5, 0.6) is 0 Å². The first kappa shape index (κ1) is 16.7. The van der Waals surface area contributed by atoms with Crippen molar-refractivity contribution in [2.45, 2.75) is 25.8 Å². The Labute approximate surface area is 150 Å². The minimum Gasteiger partial charge on any atom is -0.423 e. The fourth-order valence-corrected chi connectivity index (χ4v) is 3.10. The third kappa shape index (κ3) is 2.86. The molecular formula is C18H21N5O3. The lowest BCUT2D eigenvalue weighted by Gasteiger charge is -2.33. The first-order chi connectivity index (χ1) is 12.5. The van der Waals surface area contributed by atoms with E-state index >= 15 is 0 Å². The summed E-state index contributed by atoms with van der Waals surface area (Å²) in [6.45, 7) is 5.28. The molecule has 3 heterocycles. The number of morpholine rings is 1. The number of hydrogen-bond acceptors (Lipinski definition) is 6. The highest BCUT2D eigenvalue weighted by Crippen LogP contribution is 2.27. The van der Waals surface area contributed by atoms with Crippen LogP contribution in [0.4, 0.5) is 0 Å². The van der Waals surface area contributed by atoms with Gasteiger partial charge in [0, 0.05) is 25.1 Å². The number of benzene rings is 1. The Bertz CT molecular complexity index is 945. The van der Waals surface area contributed by atoms with E-state index in [-0.39, 0.29) is 17.9 Å². The maximum Gasteiger partial charge on any atom is 0.254 e. The van der Waals surface area contributed by atoms with Gasteiger partial charge in [-0.2, -0.15) is 0 Å². The van der Waals surface area contributed by atoms with E-state index in [1.807, 2.05) is 43.7 Å². The van der Waals surface area contributed by atoms with Crippen molar-refractivity contribution in [1.29, 1.82) is 0 Å². The van der Waals surface area contributed by atoms with Crippen LogP contribution in [0.1, 0.15) is 47.9 Å². The van der Waals surface area contributed by atoms with Gasteiger partial charge in [0.2, 0.25) is 11.8 Å². The van der Waals surface area contributed by atoms with Gasteiger partial charge in [0.15, 0.2) is 0 Å². The summed E-state index contributed by atoms with van der Waals surface area (Å²) in [5.41, 5.74) is 2.37. The Morgan fingerprint density at radius 1 is 1.31 bits per heavy atom. The zero-order chi connectivity index (χ0) is 18.3. The Kier molecular flexibility index (Phi) is 4.20. The second-order valence-electron chi connectivity index (χ2n) is 6.78. The smallest absolute Gasteiger partial charge is 0.254 e. The molecule has 8 heteroatoms. The quantitative estimate of drug-likeness (QED) is 0.716. The highest BCUT2D eigenvalue weighted by molar-refractivity contribution is 5.97. The standard InChI is InChI=1S/C18H21N5O3/c1-11(2)16-20-21-17(26-16)15-9-25-7-6-23(15)18(24)12-4-5-14-13(8-12)19-10-22(14)3/h4-5,8,10-11,15H,6-7,9H2,1-3H3/t15-/m1/s1. The largest absolute Gasteiger partial charge is 0.423 e. The van der Waals surface area contributed by atoms with Crippen LogP contribution < -0.4 is 0 Å². The van der Waals surface area contributed by atoms with Crippen LogP contribution in [0.2, 0.25) is 0 Å². The van der Waals surface area contributed by atoms with Gasteiger partial charge in [0.1, 0.15) is 6.04 Å². The average Bonchev–Trinajstić information content (AvgIpc) is 3.28. The predicted molar refractivity (Wildman–Crippen MR) is 93.7 cm³/mol. The normalized spacial score (nSPS) is 18.0. The summed E-state index contributed by atoms with van der Waals surface area (Å²) in [6, 6.07) is 5.17. The second-order valence-corrected chi connectivity index (χ2v) is 6.78. The van der Waals surface area contributed by atoms with E-state index in [4.69, 9.17) is 9.15 Å². The summed E-state index contributed by atoms with van der Waals surface area (Å²) in [5, 5.41) is 8.21. The Morgan fingerprint density at radius 3 is 2.92 bits per heavy atom. The molecule has 0 radical (unpaired) electrons. The number of carbonyl (C=O) groups excluding carboxylic acids is 1. The van der Waals surface area contributed by atoms with E-state index in [2.05, 4.69) is 15.2 Å². The second kappa shape index (κ2) is 6.53. The summed E-state index contributed by atoms with van der Waals surface area (Å²) >= 11 is 0. The SMILES string of the molecule is CC(C)c1nnc([C@H]2COCCN2C(=O)c2ccc3c(c2)ncn3C)o1. The van der Waals surface area contributed by atoms with Gasteiger partial charge in [0.25, 0.3) is 5.91 Å². The molecular weight excluding hydrogens is 334 g/mol. The van der Waals surface area contributed by atoms with Crippen molar-refractivity contribution in [3.05, 3.63) is 41.9 Å². The molecule has 0 bridgehead atoms. The topological polar surface area (TPSA) is 86.3 Å². The molecule has 4 rings (SSSR count). The molecule has 1 aliphatic rings. The number of amides is 1. The summed E-state index contributed by atoms with van der Waals surface area (Å²) in [4.78, 5) is 19.2. The van der Waals surface area contributed by atoms with Crippen LogP contribution in [-0.4, -0.2) is 50.3 Å². The molecule has 2 aromatic heterocycles. The van der Waals surface area contributed by atoms with Gasteiger partial charge >= 0.3 is 0 Å². The molecule has 3 aromatic rings. The third-order valence-corrected chi connectivity index (χ3v) is 4.60. The van der Waals surface area contributed by atoms with Crippen molar-refractivity contribution in [3.8, 4) is 0 Å². The number of aryl methyl sites for hydroxylation is 1. The summed E-state index contributed by atoms with van der Waals surface area (Å²) in [6.07, 6.45) is 1.74. The van der Waals surface area contributed by atoms with E-state index < -0.39 is 0 Å². The monoisotopic (exact) mass is 355 g/mol. The van der Waals surface area contributed by atoms with Gasteiger partial charge in [-0.25, -0.2) is 4.98 Å². The molecule has 8 nitrogen and oxygen atoms in total. The van der Waals surface area contributed by atoms with Crippen LogP contribution in [-0.2, 0) is 11.8 Å². The molecule has 1 atom stereocenters. The number of carbonyl (C=O) groups is 1. The molecule has 0 aliphatic carbocycles. The molecule has 1 amide bonds. The number of aromatic nitrogens is 4. The minimum absolute atomic E-state index is 0.0878. The Balaban J connectivity index is 1.64. The van der Waals surface area contributed by atoms with Crippen molar-refractivity contribution < 1.29 is 13.9 Å². The Morgan fingerprint density at radius 2 is 2.15 bits per heavy atom. The highest BCUT2D eigenvalue weighted by Gasteiger charge is 2.33. The average molecular weight is 355 g/mol. The molecule has 0 saturated carbocycles. The first-order valence-corrected chi connectivity index (χ1v) is 8.67. The van der Waals surface area contributed by atoms with Gasteiger partial charge in [-0.15, -0.1) is 10.2 Å². The van der Waals surface area contributed by atoms with E-state index in [0.29, 0.717) is 37.1 Å². The highest BCUT2D eigenvalue weighted by atomic mass is 16.5. The van der Waals surface area contributed by atoms with Gasteiger partial charge in [0.05, 0.1) is 30.6 Å². The van der Waals surface area contributed by atoms with Crippen LogP contribution in [0.3, 0.4) is 0 Å². The van der Waals surface area contributed by atoms with Crippen molar-refractivity contribution in [1.82, 2.24) is 24.6 Å². The molecule has 0 unspecified atom stereocenters. The number of ether oxygens (including phenoxy) is 1. The van der Waals surface area contributed by atoms with Crippen LogP contribution in [0.25, 0.3) is 11.0 Å². The molecule has 0 spiro atoms. The molecule has 1 saturated heterocycles.